The average molecular weight is 464 g/mol. The second kappa shape index (κ2) is 12.9. The average Bonchev–Trinajstić information content (AvgIpc) is 3.27. The molecule has 0 saturated heterocycles. The van der Waals surface area contributed by atoms with Gasteiger partial charge in [0, 0.05) is 31.8 Å². The van der Waals surface area contributed by atoms with Crippen molar-refractivity contribution in [3.8, 4) is 5.75 Å². The molecule has 2 N–H and O–H groups in total. The maximum absolute atomic E-state index is 12.7. The molecule has 0 bridgehead atoms. The molecule has 0 amide bonds. The molecule has 6 nitrogen and oxygen atoms in total. The quantitative estimate of drug-likeness (QED) is 0.322. The fourth-order valence-corrected chi connectivity index (χ4v) is 3.27. The molecule has 3 rings (SSSR count). The third-order valence-electron chi connectivity index (χ3n) is 4.69. The van der Waals surface area contributed by atoms with Crippen LogP contribution in [0.1, 0.15) is 29.7 Å². The van der Waals surface area contributed by atoms with Crippen LogP contribution in [0, 0.1) is 0 Å². The van der Waals surface area contributed by atoms with Crippen molar-refractivity contribution < 1.29 is 27.1 Å². The first-order chi connectivity index (χ1) is 16.0. The summed E-state index contributed by atoms with van der Waals surface area (Å²) in [5.41, 5.74) is 2.43. The van der Waals surface area contributed by atoms with Crippen LogP contribution >= 0.6 is 0 Å². The number of nitrogens with one attached hydrogen (secondary N) is 2. The molecule has 0 aliphatic carbocycles. The van der Waals surface area contributed by atoms with Crippen molar-refractivity contribution in [2.45, 2.75) is 32.2 Å². The molecule has 0 spiro atoms. The second-order valence-electron chi connectivity index (χ2n) is 7.47. The monoisotopic (exact) mass is 463 g/mol. The van der Waals surface area contributed by atoms with E-state index in [1.165, 1.54) is 24.7 Å². The Morgan fingerprint density at radius 1 is 0.939 bits per heavy atom. The lowest BCUT2D eigenvalue weighted by molar-refractivity contribution is -0.274. The molecule has 0 unspecified atom stereocenters. The Hall–Kier alpha value is -3.04. The molecular formula is C24H28F3N3O3. The van der Waals surface area contributed by atoms with Gasteiger partial charge in [-0.2, -0.15) is 0 Å². The maximum atomic E-state index is 12.7. The Kier molecular flexibility index (Phi) is 9.59. The van der Waals surface area contributed by atoms with E-state index < -0.39 is 6.36 Å². The summed E-state index contributed by atoms with van der Waals surface area (Å²) in [7, 11) is 0. The molecule has 0 radical (unpaired) electrons. The van der Waals surface area contributed by atoms with E-state index >= 15 is 0 Å². The molecule has 1 heterocycles. The highest BCUT2D eigenvalue weighted by Crippen LogP contribution is 2.26. The zero-order valence-electron chi connectivity index (χ0n) is 18.2. The molecule has 0 fully saturated rings. The van der Waals surface area contributed by atoms with Crippen LogP contribution in [0.4, 0.5) is 18.9 Å². The second-order valence-corrected chi connectivity index (χ2v) is 7.47. The molecule has 0 saturated carbocycles. The van der Waals surface area contributed by atoms with Gasteiger partial charge in [0.25, 0.3) is 0 Å². The van der Waals surface area contributed by atoms with Crippen LogP contribution in [0.15, 0.2) is 65.5 Å². The van der Waals surface area contributed by atoms with Crippen molar-refractivity contribution in [2.24, 2.45) is 0 Å². The minimum Gasteiger partial charge on any atom is -0.448 e. The van der Waals surface area contributed by atoms with Crippen LogP contribution in [0.25, 0.3) is 0 Å². The lowest BCUT2D eigenvalue weighted by Crippen LogP contribution is -2.18. The van der Waals surface area contributed by atoms with E-state index in [0.29, 0.717) is 43.1 Å². The van der Waals surface area contributed by atoms with Crippen molar-refractivity contribution in [1.29, 1.82) is 0 Å². The van der Waals surface area contributed by atoms with Gasteiger partial charge in [-0.05, 0) is 54.8 Å². The molecule has 0 aliphatic heterocycles. The highest BCUT2D eigenvalue weighted by Gasteiger charge is 2.31. The summed E-state index contributed by atoms with van der Waals surface area (Å²) in [6.45, 7) is 3.19. The highest BCUT2D eigenvalue weighted by molar-refractivity contribution is 5.42. The molecule has 178 valence electrons. The van der Waals surface area contributed by atoms with Gasteiger partial charge < -0.3 is 24.5 Å². The number of unbranched alkanes of at least 4 members (excludes halogenated alkanes) is 1. The van der Waals surface area contributed by atoms with Gasteiger partial charge in [0.2, 0.25) is 0 Å². The van der Waals surface area contributed by atoms with Crippen LogP contribution < -0.4 is 15.4 Å². The Balaban J connectivity index is 1.35. The number of halogens is 3. The summed E-state index contributed by atoms with van der Waals surface area (Å²) < 4.78 is 53.0. The minimum atomic E-state index is -4.74. The third-order valence-corrected chi connectivity index (χ3v) is 4.69. The molecule has 3 aromatic rings. The minimum absolute atomic E-state index is 0.242. The van der Waals surface area contributed by atoms with Gasteiger partial charge in [0.15, 0.2) is 6.39 Å². The first kappa shape index (κ1) is 24.6. The number of para-hydroxylation sites is 1. The van der Waals surface area contributed by atoms with E-state index in [0.717, 1.165) is 31.6 Å². The van der Waals surface area contributed by atoms with Gasteiger partial charge in [-0.3, -0.25) is 0 Å². The number of hydrogen-bond donors (Lipinski definition) is 2. The fourth-order valence-electron chi connectivity index (χ4n) is 3.27. The summed E-state index contributed by atoms with van der Waals surface area (Å²) >= 11 is 0. The Morgan fingerprint density at radius 2 is 1.76 bits per heavy atom. The number of anilines is 1. The number of benzene rings is 2. The zero-order chi connectivity index (χ0) is 23.4. The number of ether oxygens (including phenoxy) is 2. The van der Waals surface area contributed by atoms with Gasteiger partial charge in [0.05, 0.1) is 12.8 Å². The predicted octanol–water partition coefficient (Wildman–Crippen LogP) is 5.16. The van der Waals surface area contributed by atoms with Crippen molar-refractivity contribution in [2.75, 3.05) is 31.6 Å². The van der Waals surface area contributed by atoms with E-state index in [1.807, 2.05) is 36.4 Å². The number of aromatic nitrogens is 1. The standard InChI is InChI=1S/C24H28F3N3O3/c25-24(26,27)33-22-13-19(14-23-17-29-18-32-23)12-20(15-22)16-28-8-4-5-10-31-11-9-30-21-6-2-1-3-7-21/h1-3,6-7,12-13,15,17-18,28,30H,4-5,8-11,14,16H2. The normalized spacial score (nSPS) is 11.5. The van der Waals surface area contributed by atoms with Gasteiger partial charge in [-0.1, -0.05) is 24.3 Å². The maximum Gasteiger partial charge on any atom is 0.573 e. The van der Waals surface area contributed by atoms with Gasteiger partial charge >= 0.3 is 6.36 Å². The molecule has 2 aromatic carbocycles. The predicted molar refractivity (Wildman–Crippen MR) is 119 cm³/mol. The topological polar surface area (TPSA) is 68.5 Å². The lowest BCUT2D eigenvalue weighted by Gasteiger charge is -2.13. The molecule has 0 atom stereocenters. The van der Waals surface area contributed by atoms with E-state index in [4.69, 9.17) is 9.15 Å². The smallest absolute Gasteiger partial charge is 0.448 e. The van der Waals surface area contributed by atoms with Crippen molar-refractivity contribution in [3.63, 3.8) is 0 Å². The van der Waals surface area contributed by atoms with E-state index in [2.05, 4.69) is 20.4 Å². The highest BCUT2D eigenvalue weighted by atomic mass is 19.4. The van der Waals surface area contributed by atoms with Crippen LogP contribution in [0.2, 0.25) is 0 Å². The first-order valence-corrected chi connectivity index (χ1v) is 10.8. The Labute approximate surface area is 191 Å². The van der Waals surface area contributed by atoms with E-state index in [9.17, 15) is 13.2 Å². The molecular weight excluding hydrogens is 435 g/mol. The molecule has 0 aliphatic rings. The number of oxazole rings is 1. The lowest BCUT2D eigenvalue weighted by atomic mass is 10.1. The number of nitrogens with zero attached hydrogens (tertiary/aromatic N) is 1. The first-order valence-electron chi connectivity index (χ1n) is 10.8. The molecule has 1 aromatic heterocycles. The number of alkyl halides is 3. The van der Waals surface area contributed by atoms with Crippen LogP contribution in [0.5, 0.6) is 5.75 Å². The Bertz CT molecular complexity index is 935. The molecule has 33 heavy (non-hydrogen) atoms. The van der Waals surface area contributed by atoms with Gasteiger partial charge in [-0.15, -0.1) is 13.2 Å². The van der Waals surface area contributed by atoms with Crippen LogP contribution in [0.3, 0.4) is 0 Å². The van der Waals surface area contributed by atoms with Crippen molar-refractivity contribution in [1.82, 2.24) is 10.3 Å². The summed E-state index contributed by atoms with van der Waals surface area (Å²) in [6, 6.07) is 14.5. The number of rotatable bonds is 14. The van der Waals surface area contributed by atoms with Gasteiger partial charge in [-0.25, -0.2) is 4.98 Å². The largest absolute Gasteiger partial charge is 0.573 e. The van der Waals surface area contributed by atoms with Crippen molar-refractivity contribution in [3.05, 3.63) is 78.0 Å². The summed E-state index contributed by atoms with van der Waals surface area (Å²) in [5, 5.41) is 6.54. The summed E-state index contributed by atoms with van der Waals surface area (Å²) in [5.74, 6) is 0.325. The van der Waals surface area contributed by atoms with Crippen LogP contribution in [-0.2, 0) is 17.7 Å². The fraction of sp³-hybridized carbons (Fsp3) is 0.375. The van der Waals surface area contributed by atoms with Crippen molar-refractivity contribution >= 4 is 5.69 Å². The summed E-state index contributed by atoms with van der Waals surface area (Å²) in [6.07, 6.45) is 0.208. The van der Waals surface area contributed by atoms with Crippen LogP contribution in [-0.4, -0.2) is 37.6 Å². The number of hydrogen-bond acceptors (Lipinski definition) is 6. The zero-order valence-corrected chi connectivity index (χ0v) is 18.2. The SMILES string of the molecule is FC(F)(F)Oc1cc(CNCCCCOCCNc2ccccc2)cc(Cc2cnco2)c1. The third kappa shape index (κ3) is 9.97. The Morgan fingerprint density at radius 3 is 2.52 bits per heavy atom. The van der Waals surface area contributed by atoms with Gasteiger partial charge in [0.1, 0.15) is 11.5 Å². The van der Waals surface area contributed by atoms with E-state index in [-0.39, 0.29) is 5.75 Å². The van der Waals surface area contributed by atoms with E-state index in [1.54, 1.807) is 0 Å². The summed E-state index contributed by atoms with van der Waals surface area (Å²) in [4.78, 5) is 3.83. The molecule has 9 heteroatoms.